The highest BCUT2D eigenvalue weighted by molar-refractivity contribution is 7.15. The lowest BCUT2D eigenvalue weighted by atomic mass is 9.91. The predicted octanol–water partition coefficient (Wildman–Crippen LogP) is 4.63. The fourth-order valence-electron chi connectivity index (χ4n) is 2.81. The second-order valence-electron chi connectivity index (χ2n) is 5.33. The third-order valence-electron chi connectivity index (χ3n) is 3.89. The normalized spacial score (nSPS) is 17.8. The molecular formula is C16H18ClFN2S. The Hall–Kier alpha value is -0.970. The van der Waals surface area contributed by atoms with Gasteiger partial charge < -0.3 is 5.32 Å². The van der Waals surface area contributed by atoms with Gasteiger partial charge in [-0.05, 0) is 37.9 Å². The Bertz CT molecular complexity index is 641. The van der Waals surface area contributed by atoms with Crippen LogP contribution in [0.1, 0.15) is 36.3 Å². The molecule has 0 aliphatic heterocycles. The molecule has 0 spiro atoms. The second kappa shape index (κ2) is 6.42. The Morgan fingerprint density at radius 3 is 3.14 bits per heavy atom. The van der Waals surface area contributed by atoms with Gasteiger partial charge in [0.25, 0.3) is 0 Å². The molecule has 21 heavy (non-hydrogen) atoms. The summed E-state index contributed by atoms with van der Waals surface area (Å²) in [6.07, 6.45) is 3.39. The quantitative estimate of drug-likeness (QED) is 0.886. The first kappa shape index (κ1) is 14.9. The van der Waals surface area contributed by atoms with Crippen molar-refractivity contribution in [1.29, 1.82) is 0 Å². The lowest BCUT2D eigenvalue weighted by molar-refractivity contribution is 0.509. The topological polar surface area (TPSA) is 24.9 Å². The first-order valence-corrected chi connectivity index (χ1v) is 8.54. The smallest absolute Gasteiger partial charge is 0.152 e. The Labute approximate surface area is 133 Å². The van der Waals surface area contributed by atoms with Crippen LogP contribution in [0.25, 0.3) is 10.6 Å². The van der Waals surface area contributed by atoms with Gasteiger partial charge in [-0.25, -0.2) is 9.37 Å². The molecule has 0 saturated heterocycles. The van der Waals surface area contributed by atoms with E-state index in [-0.39, 0.29) is 10.8 Å². The van der Waals surface area contributed by atoms with Gasteiger partial charge in [0.15, 0.2) is 5.82 Å². The van der Waals surface area contributed by atoms with Crippen molar-refractivity contribution in [3.8, 4) is 10.6 Å². The molecule has 0 bridgehead atoms. The van der Waals surface area contributed by atoms with Gasteiger partial charge in [-0.3, -0.25) is 0 Å². The van der Waals surface area contributed by atoms with Crippen molar-refractivity contribution in [3.05, 3.63) is 39.6 Å². The first-order chi connectivity index (χ1) is 10.2. The van der Waals surface area contributed by atoms with Crippen LogP contribution in [0.3, 0.4) is 0 Å². The zero-order valence-electron chi connectivity index (χ0n) is 12.0. The number of hydrogen-bond donors (Lipinski definition) is 1. The van der Waals surface area contributed by atoms with Crippen LogP contribution < -0.4 is 5.32 Å². The number of aromatic nitrogens is 1. The maximum Gasteiger partial charge on any atom is 0.152 e. The molecule has 1 atom stereocenters. The van der Waals surface area contributed by atoms with Gasteiger partial charge in [-0.15, -0.1) is 11.3 Å². The molecule has 2 nitrogen and oxygen atoms in total. The molecule has 1 N–H and O–H groups in total. The Morgan fingerprint density at radius 1 is 1.48 bits per heavy atom. The molecule has 1 aromatic heterocycles. The molecule has 1 aromatic carbocycles. The number of aryl methyl sites for hydroxylation is 1. The van der Waals surface area contributed by atoms with Crippen LogP contribution >= 0.6 is 22.9 Å². The van der Waals surface area contributed by atoms with Crippen molar-refractivity contribution in [2.75, 3.05) is 13.1 Å². The van der Waals surface area contributed by atoms with E-state index < -0.39 is 0 Å². The van der Waals surface area contributed by atoms with Crippen LogP contribution in [0.15, 0.2) is 18.2 Å². The van der Waals surface area contributed by atoms with E-state index in [1.165, 1.54) is 11.3 Å². The number of halogens is 2. The molecular weight excluding hydrogens is 307 g/mol. The van der Waals surface area contributed by atoms with Crippen molar-refractivity contribution < 1.29 is 4.39 Å². The van der Waals surface area contributed by atoms with E-state index in [1.54, 1.807) is 29.5 Å². The summed E-state index contributed by atoms with van der Waals surface area (Å²) in [5.41, 5.74) is 1.67. The Balaban J connectivity index is 1.96. The van der Waals surface area contributed by atoms with Gasteiger partial charge in [0.05, 0.1) is 10.7 Å². The van der Waals surface area contributed by atoms with Crippen LogP contribution in [-0.4, -0.2) is 18.1 Å². The maximum absolute atomic E-state index is 14.2. The second-order valence-corrected chi connectivity index (χ2v) is 6.82. The van der Waals surface area contributed by atoms with Crippen molar-refractivity contribution in [3.63, 3.8) is 0 Å². The zero-order valence-corrected chi connectivity index (χ0v) is 13.5. The molecule has 1 unspecified atom stereocenters. The number of benzene rings is 1. The molecule has 0 saturated carbocycles. The number of likely N-dealkylation sites (N-methyl/N-ethyl adjacent to an activating group) is 1. The van der Waals surface area contributed by atoms with E-state index in [4.69, 9.17) is 16.6 Å². The summed E-state index contributed by atoms with van der Waals surface area (Å²) < 4.78 is 14.2. The van der Waals surface area contributed by atoms with E-state index in [1.807, 2.05) is 0 Å². The lowest BCUT2D eigenvalue weighted by Gasteiger charge is -2.21. The number of nitrogens with one attached hydrogen (secondary N) is 1. The Morgan fingerprint density at radius 2 is 2.33 bits per heavy atom. The number of rotatable bonds is 4. The highest BCUT2D eigenvalue weighted by atomic mass is 35.5. The van der Waals surface area contributed by atoms with E-state index in [0.717, 1.165) is 36.6 Å². The van der Waals surface area contributed by atoms with Gasteiger partial charge >= 0.3 is 0 Å². The zero-order chi connectivity index (χ0) is 14.8. The van der Waals surface area contributed by atoms with Gasteiger partial charge in [0.2, 0.25) is 0 Å². The van der Waals surface area contributed by atoms with E-state index in [0.29, 0.717) is 11.5 Å². The van der Waals surface area contributed by atoms with Crippen LogP contribution in [0.5, 0.6) is 0 Å². The fraction of sp³-hybridized carbons (Fsp3) is 0.438. The number of hydrogen-bond acceptors (Lipinski definition) is 3. The average molecular weight is 325 g/mol. The van der Waals surface area contributed by atoms with E-state index >= 15 is 0 Å². The minimum Gasteiger partial charge on any atom is -0.316 e. The summed E-state index contributed by atoms with van der Waals surface area (Å²) in [6, 6.07) is 5.10. The standard InChI is InChI=1S/C16H18ClFN2S/c1-2-19-9-10-5-3-8-13-15(10)20-16(21-13)11-6-4-7-12(17)14(11)18/h4,6-7,10,19H,2-3,5,8-9H2,1H3. The van der Waals surface area contributed by atoms with Gasteiger partial charge in [0.1, 0.15) is 5.01 Å². The SMILES string of the molecule is CCNCC1CCCc2sc(-c3cccc(Cl)c3F)nc21. The minimum absolute atomic E-state index is 0.157. The highest BCUT2D eigenvalue weighted by Crippen LogP contribution is 2.39. The first-order valence-electron chi connectivity index (χ1n) is 7.35. The molecule has 112 valence electrons. The van der Waals surface area contributed by atoms with Crippen LogP contribution in [0.4, 0.5) is 4.39 Å². The highest BCUT2D eigenvalue weighted by Gasteiger charge is 2.25. The van der Waals surface area contributed by atoms with Crippen LogP contribution in [0.2, 0.25) is 5.02 Å². The summed E-state index contributed by atoms with van der Waals surface area (Å²) >= 11 is 7.49. The summed E-state index contributed by atoms with van der Waals surface area (Å²) in [4.78, 5) is 6.04. The summed E-state index contributed by atoms with van der Waals surface area (Å²) in [5.74, 6) is 0.0782. The summed E-state index contributed by atoms with van der Waals surface area (Å²) in [7, 11) is 0. The monoisotopic (exact) mass is 324 g/mol. The van der Waals surface area contributed by atoms with Crippen molar-refractivity contribution in [2.45, 2.75) is 32.1 Å². The van der Waals surface area contributed by atoms with Crippen molar-refractivity contribution >= 4 is 22.9 Å². The molecule has 2 aromatic rings. The summed E-state index contributed by atoms with van der Waals surface area (Å²) in [5, 5.41) is 4.31. The number of nitrogens with zero attached hydrogens (tertiary/aromatic N) is 1. The van der Waals surface area contributed by atoms with Gasteiger partial charge in [-0.2, -0.15) is 0 Å². The van der Waals surface area contributed by atoms with E-state index in [9.17, 15) is 4.39 Å². The predicted molar refractivity (Wildman–Crippen MR) is 86.7 cm³/mol. The Kier molecular flexibility index (Phi) is 4.57. The molecule has 0 fully saturated rings. The minimum atomic E-state index is -0.367. The molecule has 1 aliphatic rings. The van der Waals surface area contributed by atoms with Gasteiger partial charge in [-0.1, -0.05) is 24.6 Å². The molecule has 5 heteroatoms. The van der Waals surface area contributed by atoms with Crippen LogP contribution in [0, 0.1) is 5.82 Å². The largest absolute Gasteiger partial charge is 0.316 e. The molecule has 3 rings (SSSR count). The van der Waals surface area contributed by atoms with Gasteiger partial charge in [0, 0.05) is 22.9 Å². The third-order valence-corrected chi connectivity index (χ3v) is 5.35. The molecule has 0 amide bonds. The number of fused-ring (bicyclic) bond motifs is 1. The summed E-state index contributed by atoms with van der Waals surface area (Å²) in [6.45, 7) is 4.02. The molecule has 1 aliphatic carbocycles. The third kappa shape index (κ3) is 2.98. The number of thiazole rings is 1. The maximum atomic E-state index is 14.2. The average Bonchev–Trinajstić information content (AvgIpc) is 2.92. The molecule has 1 heterocycles. The molecule has 0 radical (unpaired) electrons. The van der Waals surface area contributed by atoms with E-state index in [2.05, 4.69) is 12.2 Å². The fourth-order valence-corrected chi connectivity index (χ4v) is 4.19. The van der Waals surface area contributed by atoms with Crippen molar-refractivity contribution in [2.24, 2.45) is 0 Å². The van der Waals surface area contributed by atoms with Crippen molar-refractivity contribution in [1.82, 2.24) is 10.3 Å². The van der Waals surface area contributed by atoms with Crippen LogP contribution in [-0.2, 0) is 6.42 Å². The lowest BCUT2D eigenvalue weighted by Crippen LogP contribution is -2.23.